The molecule has 0 radical (unpaired) electrons. The van der Waals surface area contributed by atoms with Crippen molar-refractivity contribution in [2.75, 3.05) is 20.1 Å². The van der Waals surface area contributed by atoms with Crippen LogP contribution >= 0.6 is 11.3 Å². The Labute approximate surface area is 104 Å². The van der Waals surface area contributed by atoms with E-state index in [4.69, 9.17) is 6.42 Å². The third kappa shape index (κ3) is 3.56. The lowest BCUT2D eigenvalue weighted by atomic mass is 10.5. The molecule has 92 valence electrons. The number of hydrogen-bond acceptors (Lipinski definition) is 4. The van der Waals surface area contributed by atoms with Gasteiger partial charge in [-0.1, -0.05) is 12.0 Å². The molecule has 0 aliphatic heterocycles. The highest BCUT2D eigenvalue weighted by Gasteiger charge is 2.23. The first-order valence-electron chi connectivity index (χ1n) is 4.68. The second-order valence-electron chi connectivity index (χ2n) is 3.17. The van der Waals surface area contributed by atoms with Crippen molar-refractivity contribution in [3.8, 4) is 12.3 Å². The van der Waals surface area contributed by atoms with Crippen molar-refractivity contribution in [2.45, 2.75) is 4.21 Å². The van der Waals surface area contributed by atoms with Crippen molar-refractivity contribution >= 4 is 27.3 Å². The molecule has 1 rings (SSSR count). The summed E-state index contributed by atoms with van der Waals surface area (Å²) in [5.74, 6) is 1.81. The summed E-state index contributed by atoms with van der Waals surface area (Å²) in [7, 11) is -2.22. The lowest BCUT2D eigenvalue weighted by molar-refractivity contribution is -0.120. The molecule has 0 aliphatic rings. The van der Waals surface area contributed by atoms with E-state index < -0.39 is 15.9 Å². The minimum atomic E-state index is -3.58. The number of carbonyl (C=O) groups excluding carboxylic acids is 1. The molecule has 0 saturated heterocycles. The van der Waals surface area contributed by atoms with Crippen LogP contribution in [0.3, 0.4) is 0 Å². The number of amides is 1. The summed E-state index contributed by atoms with van der Waals surface area (Å²) in [5.41, 5.74) is 0. The van der Waals surface area contributed by atoms with Gasteiger partial charge in [0, 0.05) is 7.05 Å². The normalized spacial score (nSPS) is 11.1. The Morgan fingerprint density at radius 2 is 2.35 bits per heavy atom. The Kier molecular flexibility index (Phi) is 4.69. The van der Waals surface area contributed by atoms with E-state index in [1.54, 1.807) is 11.4 Å². The lowest BCUT2D eigenvalue weighted by Gasteiger charge is -2.14. The predicted molar refractivity (Wildman–Crippen MR) is 66.0 cm³/mol. The van der Waals surface area contributed by atoms with Crippen LogP contribution in [0, 0.1) is 12.3 Å². The summed E-state index contributed by atoms with van der Waals surface area (Å²) in [6.07, 6.45) is 4.98. The second kappa shape index (κ2) is 5.82. The largest absolute Gasteiger partial charge is 0.344 e. The van der Waals surface area contributed by atoms with Gasteiger partial charge in [0.2, 0.25) is 5.91 Å². The molecule has 1 aromatic rings. The van der Waals surface area contributed by atoms with Crippen LogP contribution in [0.5, 0.6) is 0 Å². The molecule has 1 amide bonds. The molecule has 0 bridgehead atoms. The number of sulfonamides is 1. The van der Waals surface area contributed by atoms with E-state index in [1.807, 2.05) is 0 Å². The van der Waals surface area contributed by atoms with Crippen LogP contribution < -0.4 is 5.32 Å². The van der Waals surface area contributed by atoms with E-state index in [0.717, 1.165) is 15.6 Å². The minimum Gasteiger partial charge on any atom is -0.344 e. The molecular weight excluding hydrogens is 260 g/mol. The smallest absolute Gasteiger partial charge is 0.252 e. The number of terminal acetylenes is 1. The van der Waals surface area contributed by atoms with Gasteiger partial charge >= 0.3 is 0 Å². The fourth-order valence-corrected chi connectivity index (χ4v) is 3.38. The van der Waals surface area contributed by atoms with E-state index in [9.17, 15) is 13.2 Å². The summed E-state index contributed by atoms with van der Waals surface area (Å²) >= 11 is 1.11. The highest BCUT2D eigenvalue weighted by molar-refractivity contribution is 7.91. The monoisotopic (exact) mass is 272 g/mol. The van der Waals surface area contributed by atoms with Crippen molar-refractivity contribution in [3.63, 3.8) is 0 Å². The van der Waals surface area contributed by atoms with Crippen molar-refractivity contribution in [2.24, 2.45) is 0 Å². The van der Waals surface area contributed by atoms with Crippen molar-refractivity contribution in [3.05, 3.63) is 17.5 Å². The van der Waals surface area contributed by atoms with E-state index >= 15 is 0 Å². The fourth-order valence-electron chi connectivity index (χ4n) is 1.06. The first-order chi connectivity index (χ1) is 7.98. The molecule has 17 heavy (non-hydrogen) atoms. The molecule has 5 nitrogen and oxygen atoms in total. The van der Waals surface area contributed by atoms with Gasteiger partial charge in [0.25, 0.3) is 10.0 Å². The van der Waals surface area contributed by atoms with Crippen LogP contribution in [0.2, 0.25) is 0 Å². The van der Waals surface area contributed by atoms with Crippen LogP contribution in [0.25, 0.3) is 0 Å². The zero-order chi connectivity index (χ0) is 12.9. The molecule has 0 aromatic carbocycles. The van der Waals surface area contributed by atoms with Gasteiger partial charge in [0.15, 0.2) is 0 Å². The number of nitrogens with one attached hydrogen (secondary N) is 1. The van der Waals surface area contributed by atoms with E-state index in [2.05, 4.69) is 11.2 Å². The highest BCUT2D eigenvalue weighted by atomic mass is 32.2. The van der Waals surface area contributed by atoms with Crippen molar-refractivity contribution in [1.82, 2.24) is 9.62 Å². The number of carbonyl (C=O) groups is 1. The first kappa shape index (κ1) is 13.7. The highest BCUT2D eigenvalue weighted by Crippen LogP contribution is 2.19. The number of thiophene rings is 1. The van der Waals surface area contributed by atoms with E-state index in [0.29, 0.717) is 0 Å². The van der Waals surface area contributed by atoms with E-state index in [-0.39, 0.29) is 17.3 Å². The van der Waals surface area contributed by atoms with Gasteiger partial charge in [-0.15, -0.1) is 17.8 Å². The van der Waals surface area contributed by atoms with Crippen molar-refractivity contribution < 1.29 is 13.2 Å². The van der Waals surface area contributed by atoms with Crippen LogP contribution in [0.4, 0.5) is 0 Å². The Morgan fingerprint density at radius 3 is 2.88 bits per heavy atom. The molecule has 1 heterocycles. The summed E-state index contributed by atoms with van der Waals surface area (Å²) in [5, 5.41) is 4.07. The molecule has 1 N–H and O–H groups in total. The molecule has 0 saturated carbocycles. The maximum Gasteiger partial charge on any atom is 0.252 e. The third-order valence-corrected chi connectivity index (χ3v) is 5.09. The number of hydrogen-bond donors (Lipinski definition) is 1. The molecule has 0 aliphatic carbocycles. The van der Waals surface area contributed by atoms with Crippen molar-refractivity contribution in [1.29, 1.82) is 0 Å². The molecule has 1 aromatic heterocycles. The van der Waals surface area contributed by atoms with Crippen LogP contribution in [-0.2, 0) is 14.8 Å². The molecule has 0 unspecified atom stereocenters. The first-order valence-corrected chi connectivity index (χ1v) is 7.00. The Hall–Kier alpha value is -1.36. The molecule has 0 spiro atoms. The van der Waals surface area contributed by atoms with Gasteiger partial charge in [-0.2, -0.15) is 4.31 Å². The van der Waals surface area contributed by atoms with Gasteiger partial charge in [-0.25, -0.2) is 8.42 Å². The molecular formula is C10H12N2O3S2. The number of rotatable bonds is 5. The Morgan fingerprint density at radius 1 is 1.65 bits per heavy atom. The molecule has 0 atom stereocenters. The van der Waals surface area contributed by atoms with Crippen LogP contribution in [0.1, 0.15) is 0 Å². The maximum absolute atomic E-state index is 11.9. The minimum absolute atomic E-state index is 0.0890. The zero-order valence-corrected chi connectivity index (χ0v) is 10.8. The molecule has 7 heteroatoms. The average Bonchev–Trinajstić information content (AvgIpc) is 2.80. The summed E-state index contributed by atoms with van der Waals surface area (Å²) in [4.78, 5) is 11.3. The van der Waals surface area contributed by atoms with E-state index in [1.165, 1.54) is 13.1 Å². The van der Waals surface area contributed by atoms with Crippen LogP contribution in [0.15, 0.2) is 21.7 Å². The third-order valence-electron chi connectivity index (χ3n) is 1.91. The maximum atomic E-state index is 11.9. The Balaban J connectivity index is 2.68. The predicted octanol–water partition coefficient (Wildman–Crippen LogP) is 0.118. The van der Waals surface area contributed by atoms with Gasteiger partial charge < -0.3 is 5.32 Å². The second-order valence-corrected chi connectivity index (χ2v) is 6.39. The molecule has 0 fully saturated rings. The number of nitrogens with zero attached hydrogens (tertiary/aromatic N) is 1. The lowest BCUT2D eigenvalue weighted by Crippen LogP contribution is -2.38. The SMILES string of the molecule is C#CCNC(=O)CN(C)S(=O)(=O)c1cccs1. The van der Waals surface area contributed by atoms with Gasteiger partial charge in [-0.05, 0) is 11.4 Å². The number of likely N-dealkylation sites (N-methyl/N-ethyl adjacent to an activating group) is 1. The standard InChI is InChI=1S/C10H12N2O3S2/c1-3-6-11-9(13)8-12(2)17(14,15)10-5-4-7-16-10/h1,4-5,7H,6,8H2,2H3,(H,11,13). The van der Waals surface area contributed by atoms with Gasteiger partial charge in [-0.3, -0.25) is 4.79 Å². The van der Waals surface area contributed by atoms with Gasteiger partial charge in [0.1, 0.15) is 4.21 Å². The zero-order valence-electron chi connectivity index (χ0n) is 9.21. The van der Waals surface area contributed by atoms with Gasteiger partial charge in [0.05, 0.1) is 13.1 Å². The Bertz CT molecular complexity index is 514. The van der Waals surface area contributed by atoms with Crippen LogP contribution in [-0.4, -0.2) is 38.8 Å². The summed E-state index contributed by atoms with van der Waals surface area (Å²) < 4.78 is 25.0. The summed E-state index contributed by atoms with van der Waals surface area (Å²) in [6.45, 7) is -0.159. The summed E-state index contributed by atoms with van der Waals surface area (Å²) in [6, 6.07) is 3.14. The fraction of sp³-hybridized carbons (Fsp3) is 0.300. The average molecular weight is 272 g/mol. The topological polar surface area (TPSA) is 66.5 Å². The quantitative estimate of drug-likeness (QED) is 0.774.